The van der Waals surface area contributed by atoms with Crippen LogP contribution in [0.3, 0.4) is 0 Å². The van der Waals surface area contributed by atoms with Crippen LogP contribution in [0.4, 0.5) is 0 Å². The summed E-state index contributed by atoms with van der Waals surface area (Å²) in [5.74, 6) is 0.385. The van der Waals surface area contributed by atoms with E-state index in [1.807, 2.05) is 18.5 Å². The van der Waals surface area contributed by atoms with Crippen LogP contribution < -0.4 is 5.32 Å². The number of dihydropyridines is 1. The minimum absolute atomic E-state index is 0.362. The highest BCUT2D eigenvalue weighted by molar-refractivity contribution is 5.62. The van der Waals surface area contributed by atoms with Gasteiger partial charge in [0, 0.05) is 30.1 Å². The van der Waals surface area contributed by atoms with Crippen LogP contribution in [0.25, 0.3) is 0 Å². The number of hydrogen-bond acceptors (Lipinski definition) is 4. The quantitative estimate of drug-likeness (QED) is 0.754. The van der Waals surface area contributed by atoms with Gasteiger partial charge in [0.25, 0.3) is 0 Å². The molecule has 1 N–H and O–H groups in total. The van der Waals surface area contributed by atoms with Gasteiger partial charge in [-0.25, -0.2) is 0 Å². The lowest BCUT2D eigenvalue weighted by atomic mass is 9.98. The third-order valence-corrected chi connectivity index (χ3v) is 3.65. The molecule has 18 heavy (non-hydrogen) atoms. The lowest BCUT2D eigenvalue weighted by molar-refractivity contribution is 0.231. The highest BCUT2D eigenvalue weighted by atomic mass is 16.5. The standard InChI is InChI=1S/C14H15N3O/c1-17(2)13-4-10-7-16-6-9-3-11(5-15)18-8-12(13)14(9)10/h3,6-7,13,16H,4,8H2,1-2H3. The SMILES string of the molecule is CN(C)C1CC2=CNC=C3C=C(C#N)OCC1=C32. The van der Waals surface area contributed by atoms with E-state index in [4.69, 9.17) is 10.00 Å². The molecule has 2 heterocycles. The smallest absolute Gasteiger partial charge is 0.197 e. The highest BCUT2D eigenvalue weighted by Crippen LogP contribution is 2.41. The molecule has 1 aliphatic carbocycles. The maximum Gasteiger partial charge on any atom is 0.197 e. The Balaban J connectivity index is 2.09. The van der Waals surface area contributed by atoms with Crippen LogP contribution in [0.5, 0.6) is 0 Å². The summed E-state index contributed by atoms with van der Waals surface area (Å²) in [6.07, 6.45) is 6.80. The minimum atomic E-state index is 0.362. The molecule has 0 fully saturated rings. The van der Waals surface area contributed by atoms with E-state index in [1.165, 1.54) is 16.7 Å². The van der Waals surface area contributed by atoms with Crippen LogP contribution in [-0.2, 0) is 4.74 Å². The van der Waals surface area contributed by atoms with Crippen LogP contribution in [0.2, 0.25) is 0 Å². The summed E-state index contributed by atoms with van der Waals surface area (Å²) in [7, 11) is 4.16. The van der Waals surface area contributed by atoms with Gasteiger partial charge in [-0.1, -0.05) is 0 Å². The first-order valence-corrected chi connectivity index (χ1v) is 6.01. The molecule has 3 aliphatic rings. The largest absolute Gasteiger partial charge is 0.479 e. The van der Waals surface area contributed by atoms with Gasteiger partial charge in [0.05, 0.1) is 0 Å². The normalized spacial score (nSPS) is 25.2. The van der Waals surface area contributed by atoms with E-state index in [2.05, 4.69) is 30.4 Å². The molecular weight excluding hydrogens is 226 g/mol. The molecule has 0 amide bonds. The van der Waals surface area contributed by atoms with Gasteiger partial charge in [0.2, 0.25) is 0 Å². The number of nitrogens with zero attached hydrogens (tertiary/aromatic N) is 2. The van der Waals surface area contributed by atoms with Crippen molar-refractivity contribution >= 4 is 0 Å². The predicted octanol–water partition coefficient (Wildman–Crippen LogP) is 1.43. The van der Waals surface area contributed by atoms with E-state index in [0.29, 0.717) is 18.4 Å². The van der Waals surface area contributed by atoms with Crippen LogP contribution in [0.15, 0.2) is 46.5 Å². The maximum absolute atomic E-state index is 9.02. The molecule has 0 radical (unpaired) electrons. The summed E-state index contributed by atoms with van der Waals surface area (Å²) in [6, 6.07) is 2.45. The summed E-state index contributed by atoms with van der Waals surface area (Å²) in [6.45, 7) is 0.506. The fraction of sp³-hybridized carbons (Fsp3) is 0.357. The molecule has 0 spiro atoms. The van der Waals surface area contributed by atoms with Crippen molar-refractivity contribution in [2.75, 3.05) is 20.7 Å². The number of nitrogens with one attached hydrogen (secondary N) is 1. The van der Waals surface area contributed by atoms with Crippen molar-refractivity contribution in [3.8, 4) is 6.07 Å². The van der Waals surface area contributed by atoms with Gasteiger partial charge in [-0.05, 0) is 37.2 Å². The van der Waals surface area contributed by atoms with Gasteiger partial charge in [-0.15, -0.1) is 0 Å². The first-order valence-electron chi connectivity index (χ1n) is 6.01. The van der Waals surface area contributed by atoms with Crippen molar-refractivity contribution in [2.45, 2.75) is 12.5 Å². The van der Waals surface area contributed by atoms with E-state index >= 15 is 0 Å². The highest BCUT2D eigenvalue weighted by Gasteiger charge is 2.35. The van der Waals surface area contributed by atoms with E-state index in [0.717, 1.165) is 12.0 Å². The second kappa shape index (κ2) is 4.04. The maximum atomic E-state index is 9.02. The second-order valence-corrected chi connectivity index (χ2v) is 4.93. The Morgan fingerprint density at radius 3 is 3.00 bits per heavy atom. The van der Waals surface area contributed by atoms with Crippen molar-refractivity contribution in [2.24, 2.45) is 0 Å². The number of ether oxygens (including phenoxy) is 1. The van der Waals surface area contributed by atoms with Gasteiger partial charge in [-0.3, -0.25) is 0 Å². The molecular formula is C14H15N3O. The Morgan fingerprint density at radius 2 is 2.28 bits per heavy atom. The van der Waals surface area contributed by atoms with Crippen LogP contribution in [0, 0.1) is 11.3 Å². The van der Waals surface area contributed by atoms with E-state index in [9.17, 15) is 0 Å². The van der Waals surface area contributed by atoms with Crippen molar-refractivity contribution in [3.63, 3.8) is 0 Å². The molecule has 2 aliphatic heterocycles. The monoisotopic (exact) mass is 241 g/mol. The Kier molecular flexibility index (Phi) is 2.49. The van der Waals surface area contributed by atoms with Crippen LogP contribution in [0.1, 0.15) is 6.42 Å². The van der Waals surface area contributed by atoms with Crippen LogP contribution >= 0.6 is 0 Å². The predicted molar refractivity (Wildman–Crippen MR) is 68.1 cm³/mol. The first-order chi connectivity index (χ1) is 8.70. The van der Waals surface area contributed by atoms with Gasteiger partial charge < -0.3 is 15.0 Å². The molecule has 0 bridgehead atoms. The van der Waals surface area contributed by atoms with Crippen molar-refractivity contribution < 1.29 is 4.74 Å². The zero-order valence-electron chi connectivity index (χ0n) is 10.5. The molecule has 1 atom stereocenters. The number of nitriles is 1. The average molecular weight is 241 g/mol. The molecule has 0 aromatic carbocycles. The molecule has 0 aromatic rings. The van der Waals surface area contributed by atoms with Crippen molar-refractivity contribution in [3.05, 3.63) is 46.5 Å². The van der Waals surface area contributed by atoms with Crippen molar-refractivity contribution in [1.29, 1.82) is 5.26 Å². The third-order valence-electron chi connectivity index (χ3n) is 3.65. The molecule has 92 valence electrons. The Hall–Kier alpha value is -1.99. The summed E-state index contributed by atoms with van der Waals surface area (Å²) >= 11 is 0. The summed E-state index contributed by atoms with van der Waals surface area (Å²) in [4.78, 5) is 2.21. The molecule has 0 saturated carbocycles. The van der Waals surface area contributed by atoms with E-state index < -0.39 is 0 Å². The number of rotatable bonds is 1. The summed E-state index contributed by atoms with van der Waals surface area (Å²) in [5, 5.41) is 12.2. The summed E-state index contributed by atoms with van der Waals surface area (Å²) < 4.78 is 5.57. The number of allylic oxidation sites excluding steroid dienone is 4. The first kappa shape index (κ1) is 11.1. The molecule has 3 rings (SSSR count). The minimum Gasteiger partial charge on any atom is -0.479 e. The van der Waals surface area contributed by atoms with Gasteiger partial charge in [-0.2, -0.15) is 5.26 Å². The Labute approximate surface area is 107 Å². The van der Waals surface area contributed by atoms with Gasteiger partial charge in [0.1, 0.15) is 12.7 Å². The topological polar surface area (TPSA) is 48.3 Å². The number of hydrogen-bond donors (Lipinski definition) is 1. The lowest BCUT2D eigenvalue weighted by Gasteiger charge is -2.22. The zero-order valence-corrected chi connectivity index (χ0v) is 10.5. The van der Waals surface area contributed by atoms with Gasteiger partial charge in [0.15, 0.2) is 5.76 Å². The second-order valence-electron chi connectivity index (χ2n) is 4.93. The summed E-state index contributed by atoms with van der Waals surface area (Å²) in [5.41, 5.74) is 4.90. The molecule has 0 saturated heterocycles. The fourth-order valence-electron chi connectivity index (χ4n) is 2.79. The third kappa shape index (κ3) is 1.56. The van der Waals surface area contributed by atoms with Crippen molar-refractivity contribution in [1.82, 2.24) is 10.2 Å². The van der Waals surface area contributed by atoms with Crippen LogP contribution in [-0.4, -0.2) is 31.6 Å². The lowest BCUT2D eigenvalue weighted by Crippen LogP contribution is -2.29. The molecule has 1 unspecified atom stereocenters. The zero-order chi connectivity index (χ0) is 12.7. The molecule has 4 nitrogen and oxygen atoms in total. The molecule has 4 heteroatoms. The van der Waals surface area contributed by atoms with Gasteiger partial charge >= 0.3 is 0 Å². The average Bonchev–Trinajstić information content (AvgIpc) is 2.62. The Morgan fingerprint density at radius 1 is 1.44 bits per heavy atom. The fourth-order valence-corrected chi connectivity index (χ4v) is 2.79. The molecule has 0 aromatic heterocycles. The Bertz CT molecular complexity index is 558. The van der Waals surface area contributed by atoms with E-state index in [1.54, 1.807) is 0 Å². The number of likely N-dealkylation sites (N-methyl/N-ethyl adjacent to an activating group) is 1. The van der Waals surface area contributed by atoms with E-state index in [-0.39, 0.29) is 0 Å².